The van der Waals surface area contributed by atoms with Crippen molar-refractivity contribution >= 4 is 11.6 Å². The van der Waals surface area contributed by atoms with Crippen LogP contribution in [0.4, 0.5) is 5.69 Å². The van der Waals surface area contributed by atoms with Crippen molar-refractivity contribution in [2.45, 2.75) is 64.3 Å². The third-order valence-electron chi connectivity index (χ3n) is 6.06. The quantitative estimate of drug-likeness (QED) is 0.835. The first-order valence-corrected chi connectivity index (χ1v) is 10.1. The maximum absolute atomic E-state index is 12.5. The van der Waals surface area contributed by atoms with Crippen molar-refractivity contribution in [2.24, 2.45) is 5.92 Å². The second-order valence-corrected chi connectivity index (χ2v) is 7.99. The van der Waals surface area contributed by atoms with Crippen molar-refractivity contribution < 1.29 is 9.21 Å². The van der Waals surface area contributed by atoms with Gasteiger partial charge >= 0.3 is 0 Å². The highest BCUT2D eigenvalue weighted by atomic mass is 16.4. The molecule has 2 fully saturated rings. The highest BCUT2D eigenvalue weighted by Gasteiger charge is 2.30. The van der Waals surface area contributed by atoms with Gasteiger partial charge in [-0.05, 0) is 46.1 Å². The summed E-state index contributed by atoms with van der Waals surface area (Å²) in [5.74, 6) is 2.23. The summed E-state index contributed by atoms with van der Waals surface area (Å²) >= 11 is 0. The fraction of sp³-hybridized carbons (Fsp3) is 0.650. The number of anilines is 1. The number of nitrogens with one attached hydrogen (secondary N) is 2. The van der Waals surface area contributed by atoms with E-state index in [1.165, 1.54) is 0 Å². The van der Waals surface area contributed by atoms with Gasteiger partial charge in [-0.15, -0.1) is 0 Å². The van der Waals surface area contributed by atoms with Gasteiger partial charge in [0.1, 0.15) is 5.76 Å². The largest absolute Gasteiger partial charge is 0.444 e. The Bertz CT molecular complexity index is 777. The molecule has 7 nitrogen and oxygen atoms in total. The van der Waals surface area contributed by atoms with Crippen LogP contribution in [0.3, 0.4) is 0 Å². The van der Waals surface area contributed by atoms with Crippen LogP contribution >= 0.6 is 0 Å². The molecule has 2 atom stereocenters. The van der Waals surface area contributed by atoms with E-state index in [1.54, 1.807) is 12.4 Å². The van der Waals surface area contributed by atoms with E-state index in [0.717, 1.165) is 74.6 Å². The predicted molar refractivity (Wildman–Crippen MR) is 102 cm³/mol. The fourth-order valence-electron chi connectivity index (χ4n) is 4.45. The van der Waals surface area contributed by atoms with Gasteiger partial charge < -0.3 is 9.73 Å². The molecular weight excluding hydrogens is 342 g/mol. The van der Waals surface area contributed by atoms with Gasteiger partial charge in [-0.25, -0.2) is 4.98 Å². The van der Waals surface area contributed by atoms with Crippen LogP contribution < -0.4 is 5.32 Å². The molecule has 2 aromatic heterocycles. The summed E-state index contributed by atoms with van der Waals surface area (Å²) in [4.78, 5) is 19.3. The summed E-state index contributed by atoms with van der Waals surface area (Å²) in [5.41, 5.74) is 1.89. The highest BCUT2D eigenvalue weighted by Crippen LogP contribution is 2.34. The maximum atomic E-state index is 12.5. The van der Waals surface area contributed by atoms with Gasteiger partial charge in [0, 0.05) is 18.4 Å². The number of likely N-dealkylation sites (tertiary alicyclic amines) is 1. The number of piperidine rings is 1. The lowest BCUT2D eigenvalue weighted by atomic mass is 9.93. The van der Waals surface area contributed by atoms with Crippen LogP contribution in [-0.4, -0.2) is 39.1 Å². The Balaban J connectivity index is 1.44. The molecule has 1 aliphatic heterocycles. The zero-order chi connectivity index (χ0) is 18.8. The van der Waals surface area contributed by atoms with Gasteiger partial charge in [0.05, 0.1) is 29.8 Å². The number of nitrogens with zero attached hydrogens (tertiary/aromatic N) is 3. The van der Waals surface area contributed by atoms with E-state index in [4.69, 9.17) is 4.42 Å². The number of aromatic nitrogens is 3. The van der Waals surface area contributed by atoms with Crippen LogP contribution in [0.1, 0.15) is 74.8 Å². The summed E-state index contributed by atoms with van der Waals surface area (Å²) in [5, 5.41) is 10.5. The van der Waals surface area contributed by atoms with Crippen molar-refractivity contribution in [3.8, 4) is 0 Å². The van der Waals surface area contributed by atoms with Crippen molar-refractivity contribution in [3.05, 3.63) is 29.7 Å². The van der Waals surface area contributed by atoms with E-state index >= 15 is 0 Å². The van der Waals surface area contributed by atoms with E-state index in [-0.39, 0.29) is 17.9 Å². The van der Waals surface area contributed by atoms with Gasteiger partial charge in [-0.2, -0.15) is 5.10 Å². The molecule has 146 valence electrons. The molecule has 0 spiro atoms. The molecule has 2 aliphatic rings. The van der Waals surface area contributed by atoms with Crippen LogP contribution in [0.25, 0.3) is 0 Å². The minimum Gasteiger partial charge on any atom is -0.444 e. The number of carbonyl (C=O) groups is 1. The Kier molecular flexibility index (Phi) is 5.29. The summed E-state index contributed by atoms with van der Waals surface area (Å²) in [6.07, 6.45) is 10.0. The smallest absolute Gasteiger partial charge is 0.227 e. The Labute approximate surface area is 159 Å². The van der Waals surface area contributed by atoms with Crippen LogP contribution in [0.5, 0.6) is 0 Å². The zero-order valence-corrected chi connectivity index (χ0v) is 16.2. The topological polar surface area (TPSA) is 87.0 Å². The van der Waals surface area contributed by atoms with Crippen LogP contribution in [0.15, 0.2) is 16.8 Å². The van der Waals surface area contributed by atoms with E-state index < -0.39 is 0 Å². The Morgan fingerprint density at radius 2 is 2.11 bits per heavy atom. The summed E-state index contributed by atoms with van der Waals surface area (Å²) in [6.45, 7) is 5.99. The Morgan fingerprint density at radius 3 is 2.85 bits per heavy atom. The van der Waals surface area contributed by atoms with Crippen molar-refractivity contribution in [2.75, 3.05) is 18.4 Å². The average Bonchev–Trinajstić information content (AvgIpc) is 3.43. The molecule has 1 saturated heterocycles. The van der Waals surface area contributed by atoms with Crippen LogP contribution in [0.2, 0.25) is 0 Å². The molecule has 3 heterocycles. The summed E-state index contributed by atoms with van der Waals surface area (Å²) < 4.78 is 5.73. The molecule has 1 saturated carbocycles. The molecule has 2 unspecified atom stereocenters. The van der Waals surface area contributed by atoms with E-state index in [1.807, 2.05) is 6.92 Å². The van der Waals surface area contributed by atoms with Gasteiger partial charge in [-0.1, -0.05) is 12.8 Å². The van der Waals surface area contributed by atoms with E-state index in [9.17, 15) is 4.79 Å². The lowest BCUT2D eigenvalue weighted by Crippen LogP contribution is -2.37. The minimum atomic E-state index is 0.140. The van der Waals surface area contributed by atoms with Crippen molar-refractivity contribution in [1.29, 1.82) is 0 Å². The molecule has 2 aromatic rings. The van der Waals surface area contributed by atoms with Crippen molar-refractivity contribution in [3.63, 3.8) is 0 Å². The molecule has 0 aromatic carbocycles. The SMILES string of the molecule is Cc1cnc(C(C)N2CCCC(c3[nH]ncc3NC(=O)C3CCCC3)C2)o1. The van der Waals surface area contributed by atoms with Gasteiger partial charge in [0.2, 0.25) is 11.8 Å². The molecule has 0 radical (unpaired) electrons. The fourth-order valence-corrected chi connectivity index (χ4v) is 4.45. The average molecular weight is 371 g/mol. The molecule has 2 N–H and O–H groups in total. The molecule has 4 rings (SSSR count). The van der Waals surface area contributed by atoms with Crippen LogP contribution in [0, 0.1) is 12.8 Å². The number of amides is 1. The minimum absolute atomic E-state index is 0.140. The zero-order valence-electron chi connectivity index (χ0n) is 16.2. The Hall–Kier alpha value is -2.15. The van der Waals surface area contributed by atoms with E-state index in [0.29, 0.717) is 5.92 Å². The normalized spacial score (nSPS) is 22.8. The van der Waals surface area contributed by atoms with Gasteiger partial charge in [0.25, 0.3) is 0 Å². The first-order chi connectivity index (χ1) is 13.1. The number of hydrogen-bond donors (Lipinski definition) is 2. The number of H-pyrrole nitrogens is 1. The summed E-state index contributed by atoms with van der Waals surface area (Å²) in [6, 6.07) is 0.140. The number of oxazole rings is 1. The summed E-state index contributed by atoms with van der Waals surface area (Å²) in [7, 11) is 0. The number of carbonyl (C=O) groups excluding carboxylic acids is 1. The molecule has 7 heteroatoms. The maximum Gasteiger partial charge on any atom is 0.227 e. The number of hydrogen-bond acceptors (Lipinski definition) is 5. The van der Waals surface area contributed by atoms with E-state index in [2.05, 4.69) is 32.3 Å². The lowest BCUT2D eigenvalue weighted by molar-refractivity contribution is -0.119. The third kappa shape index (κ3) is 3.93. The molecular formula is C20H29N5O2. The van der Waals surface area contributed by atoms with Crippen molar-refractivity contribution in [1.82, 2.24) is 20.1 Å². The van der Waals surface area contributed by atoms with Gasteiger partial charge in [0.15, 0.2) is 0 Å². The second-order valence-electron chi connectivity index (χ2n) is 7.99. The number of aryl methyl sites for hydroxylation is 1. The third-order valence-corrected chi connectivity index (χ3v) is 6.06. The Morgan fingerprint density at radius 1 is 1.30 bits per heavy atom. The number of rotatable bonds is 5. The van der Waals surface area contributed by atoms with Crippen LogP contribution in [-0.2, 0) is 4.79 Å². The first-order valence-electron chi connectivity index (χ1n) is 10.1. The standard InChI is InChI=1S/C20H29N5O2/c1-13-10-21-20(27-13)14(2)25-9-5-8-16(12-25)18-17(11-22-24-18)23-19(26)15-6-3-4-7-15/h10-11,14-16H,3-9,12H2,1-2H3,(H,22,24)(H,23,26). The lowest BCUT2D eigenvalue weighted by Gasteiger charge is -2.35. The number of aromatic amines is 1. The van der Waals surface area contributed by atoms with Gasteiger partial charge in [-0.3, -0.25) is 14.8 Å². The highest BCUT2D eigenvalue weighted by molar-refractivity contribution is 5.93. The molecule has 1 amide bonds. The molecule has 27 heavy (non-hydrogen) atoms. The second kappa shape index (κ2) is 7.84. The first kappa shape index (κ1) is 18.2. The molecule has 1 aliphatic carbocycles. The monoisotopic (exact) mass is 371 g/mol. The molecule has 0 bridgehead atoms. The predicted octanol–water partition coefficient (Wildman–Crippen LogP) is 3.78.